The number of benzene rings is 1. The number of hydrogen-bond donors (Lipinski definition) is 1. The molecule has 3 aromatic heterocycles. The van der Waals surface area contributed by atoms with Crippen molar-refractivity contribution < 1.29 is 13.6 Å². The lowest BCUT2D eigenvalue weighted by molar-refractivity contribution is 0.0942. The Kier molecular flexibility index (Phi) is 5.23. The van der Waals surface area contributed by atoms with Crippen molar-refractivity contribution in [2.24, 2.45) is 0 Å². The number of halogens is 3. The first-order valence-electron chi connectivity index (χ1n) is 8.40. The molecule has 0 unspecified atom stereocenters. The second kappa shape index (κ2) is 7.81. The first-order valence-corrected chi connectivity index (χ1v) is 10.1. The van der Waals surface area contributed by atoms with Crippen molar-refractivity contribution in [3.63, 3.8) is 0 Å². The van der Waals surface area contributed by atoms with E-state index in [4.69, 9.17) is 0 Å². The molecule has 0 spiro atoms. The maximum absolute atomic E-state index is 14.2. The lowest BCUT2D eigenvalue weighted by Gasteiger charge is -2.12. The third-order valence-electron chi connectivity index (χ3n) is 4.33. The summed E-state index contributed by atoms with van der Waals surface area (Å²) in [7, 11) is 0. The Labute approximate surface area is 172 Å². The average Bonchev–Trinajstić information content (AvgIpc) is 3.23. The van der Waals surface area contributed by atoms with E-state index in [-0.39, 0.29) is 12.5 Å². The maximum Gasteiger partial charge on any atom is 0.268 e. The molecule has 0 saturated heterocycles. The van der Waals surface area contributed by atoms with Crippen molar-refractivity contribution in [2.75, 3.05) is 0 Å². The van der Waals surface area contributed by atoms with Gasteiger partial charge in [-0.2, -0.15) is 0 Å². The topological polar surface area (TPSA) is 46.9 Å². The van der Waals surface area contributed by atoms with Crippen LogP contribution in [0.5, 0.6) is 0 Å². The van der Waals surface area contributed by atoms with Crippen LogP contribution in [0.15, 0.2) is 58.6 Å². The van der Waals surface area contributed by atoms with Crippen molar-refractivity contribution in [1.82, 2.24) is 14.9 Å². The number of nitrogens with one attached hydrogen (secondary N) is 1. The van der Waals surface area contributed by atoms with Crippen molar-refractivity contribution >= 4 is 43.4 Å². The maximum atomic E-state index is 14.2. The van der Waals surface area contributed by atoms with Crippen LogP contribution in [0.1, 0.15) is 21.6 Å². The molecule has 0 aliphatic carbocycles. The fourth-order valence-corrected chi connectivity index (χ4v) is 4.67. The highest BCUT2D eigenvalue weighted by molar-refractivity contribution is 9.10. The van der Waals surface area contributed by atoms with Gasteiger partial charge >= 0.3 is 0 Å². The largest absolute Gasteiger partial charge is 0.347 e. The van der Waals surface area contributed by atoms with Gasteiger partial charge in [0, 0.05) is 35.9 Å². The molecule has 1 N–H and O–H groups in total. The molecule has 0 bridgehead atoms. The molecule has 0 radical (unpaired) electrons. The number of amides is 1. The Morgan fingerprint density at radius 1 is 1.25 bits per heavy atom. The molecule has 4 nitrogen and oxygen atoms in total. The van der Waals surface area contributed by atoms with Gasteiger partial charge < -0.3 is 9.88 Å². The second-order valence-corrected chi connectivity index (χ2v) is 7.96. The van der Waals surface area contributed by atoms with Gasteiger partial charge in [-0.3, -0.25) is 9.78 Å². The van der Waals surface area contributed by atoms with Gasteiger partial charge in [-0.1, -0.05) is 12.1 Å². The molecular weight excluding hydrogens is 448 g/mol. The number of fused-ring (bicyclic) bond motifs is 1. The van der Waals surface area contributed by atoms with Crippen LogP contribution >= 0.6 is 27.3 Å². The number of pyridine rings is 1. The Morgan fingerprint density at radius 2 is 2.11 bits per heavy atom. The van der Waals surface area contributed by atoms with E-state index in [9.17, 15) is 13.6 Å². The smallest absolute Gasteiger partial charge is 0.268 e. The fraction of sp³-hybridized carbons (Fsp3) is 0.100. The predicted molar refractivity (Wildman–Crippen MR) is 108 cm³/mol. The van der Waals surface area contributed by atoms with Crippen LogP contribution in [0.2, 0.25) is 0 Å². The van der Waals surface area contributed by atoms with Crippen molar-refractivity contribution in [3.05, 3.63) is 87.1 Å². The molecule has 1 amide bonds. The summed E-state index contributed by atoms with van der Waals surface area (Å²) in [6.07, 6.45) is 3.35. The number of nitrogens with zero attached hydrogens (tertiary/aromatic N) is 2. The predicted octanol–water partition coefficient (Wildman–Crippen LogP) is 5.12. The van der Waals surface area contributed by atoms with Crippen molar-refractivity contribution in [2.45, 2.75) is 13.1 Å². The van der Waals surface area contributed by atoms with E-state index >= 15 is 0 Å². The van der Waals surface area contributed by atoms with Crippen LogP contribution in [-0.4, -0.2) is 15.5 Å². The molecule has 4 rings (SSSR count). The number of carbonyl (C=O) groups is 1. The molecule has 8 heteroatoms. The molecule has 142 valence electrons. The fourth-order valence-electron chi connectivity index (χ4n) is 2.98. The quantitative estimate of drug-likeness (QED) is 0.448. The van der Waals surface area contributed by atoms with Gasteiger partial charge in [0.2, 0.25) is 0 Å². The third-order valence-corrected chi connectivity index (χ3v) is 6.16. The molecule has 0 fully saturated rings. The van der Waals surface area contributed by atoms with Crippen LogP contribution in [-0.2, 0) is 13.1 Å². The van der Waals surface area contributed by atoms with Crippen LogP contribution < -0.4 is 5.32 Å². The summed E-state index contributed by atoms with van der Waals surface area (Å²) in [5.74, 6) is -1.55. The van der Waals surface area contributed by atoms with Gasteiger partial charge in [0.05, 0.1) is 21.2 Å². The summed E-state index contributed by atoms with van der Waals surface area (Å²) < 4.78 is 30.9. The molecule has 0 atom stereocenters. The zero-order valence-corrected chi connectivity index (χ0v) is 16.9. The molecule has 0 aliphatic rings. The number of hydrogen-bond acceptors (Lipinski definition) is 3. The first-order chi connectivity index (χ1) is 13.5. The van der Waals surface area contributed by atoms with E-state index in [1.54, 1.807) is 29.1 Å². The standard InChI is InChI=1S/C20H14BrF2N3OS/c21-15-11-28-18-7-17(20(27)25-9-12-2-1-5-24-8-12)26(19(15)18)10-13-3-4-14(22)6-16(13)23/h1-8,11H,9-10H2,(H,25,27). The van der Waals surface area contributed by atoms with E-state index < -0.39 is 11.6 Å². The lowest BCUT2D eigenvalue weighted by atomic mass is 10.2. The monoisotopic (exact) mass is 461 g/mol. The Bertz CT molecular complexity index is 1160. The summed E-state index contributed by atoms with van der Waals surface area (Å²) in [4.78, 5) is 16.9. The van der Waals surface area contributed by atoms with Crippen LogP contribution in [0.4, 0.5) is 8.78 Å². The van der Waals surface area contributed by atoms with Gasteiger partial charge in [0.25, 0.3) is 5.91 Å². The average molecular weight is 462 g/mol. The Morgan fingerprint density at radius 3 is 2.86 bits per heavy atom. The summed E-state index contributed by atoms with van der Waals surface area (Å²) in [6.45, 7) is 0.443. The summed E-state index contributed by atoms with van der Waals surface area (Å²) in [5, 5.41) is 4.79. The molecular formula is C20H14BrF2N3OS. The second-order valence-electron chi connectivity index (χ2n) is 6.19. The van der Waals surface area contributed by atoms with E-state index in [0.29, 0.717) is 17.8 Å². The molecule has 1 aromatic carbocycles. The van der Waals surface area contributed by atoms with Crippen molar-refractivity contribution in [3.8, 4) is 0 Å². The minimum atomic E-state index is -0.644. The van der Waals surface area contributed by atoms with Gasteiger partial charge in [0.15, 0.2) is 0 Å². The van der Waals surface area contributed by atoms with Gasteiger partial charge in [-0.05, 0) is 39.7 Å². The SMILES string of the molecule is O=C(NCc1cccnc1)c1cc2scc(Br)c2n1Cc1ccc(F)cc1F. The van der Waals surface area contributed by atoms with Crippen LogP contribution in [0.25, 0.3) is 10.2 Å². The van der Waals surface area contributed by atoms with Gasteiger partial charge in [-0.25, -0.2) is 8.78 Å². The summed E-state index contributed by atoms with van der Waals surface area (Å²) in [6, 6.07) is 8.91. The van der Waals surface area contributed by atoms with E-state index in [2.05, 4.69) is 26.2 Å². The van der Waals surface area contributed by atoms with Crippen LogP contribution in [0.3, 0.4) is 0 Å². The Balaban J connectivity index is 1.68. The summed E-state index contributed by atoms with van der Waals surface area (Å²) in [5.41, 5.74) is 2.40. The molecule has 4 aromatic rings. The highest BCUT2D eigenvalue weighted by Gasteiger charge is 2.20. The minimum Gasteiger partial charge on any atom is -0.347 e. The van der Waals surface area contributed by atoms with Crippen LogP contribution in [0, 0.1) is 11.6 Å². The van der Waals surface area contributed by atoms with E-state index in [1.165, 1.54) is 23.5 Å². The van der Waals surface area contributed by atoms with E-state index in [1.807, 2.05) is 11.4 Å². The molecule has 0 aliphatic heterocycles. The van der Waals surface area contributed by atoms with Gasteiger partial charge in [0.1, 0.15) is 17.3 Å². The summed E-state index contributed by atoms with van der Waals surface area (Å²) >= 11 is 4.98. The number of aromatic nitrogens is 2. The number of carbonyl (C=O) groups excluding carboxylic acids is 1. The molecule has 0 saturated carbocycles. The molecule has 28 heavy (non-hydrogen) atoms. The molecule has 3 heterocycles. The number of rotatable bonds is 5. The van der Waals surface area contributed by atoms with Crippen molar-refractivity contribution in [1.29, 1.82) is 0 Å². The number of thiophene rings is 1. The normalized spacial score (nSPS) is 11.1. The third kappa shape index (κ3) is 3.70. The highest BCUT2D eigenvalue weighted by Crippen LogP contribution is 2.34. The first kappa shape index (κ1) is 18.8. The van der Waals surface area contributed by atoms with Gasteiger partial charge in [-0.15, -0.1) is 11.3 Å². The zero-order chi connectivity index (χ0) is 19.7. The van der Waals surface area contributed by atoms with E-state index in [0.717, 1.165) is 26.3 Å². The minimum absolute atomic E-state index is 0.112. The highest BCUT2D eigenvalue weighted by atomic mass is 79.9. The Hall–Kier alpha value is -2.58. The lowest BCUT2D eigenvalue weighted by Crippen LogP contribution is -2.25. The zero-order valence-electron chi connectivity index (χ0n) is 14.5.